The smallest absolute Gasteiger partial charge is 0.399 e. The van der Waals surface area contributed by atoms with Gasteiger partial charge in [-0.2, -0.15) is 13.2 Å². The molecule has 0 bridgehead atoms. The Bertz CT molecular complexity index is 663. The van der Waals surface area contributed by atoms with Crippen LogP contribution in [-0.2, 0) is 12.6 Å². The molecule has 0 amide bonds. The van der Waals surface area contributed by atoms with Crippen LogP contribution in [-0.4, -0.2) is 0 Å². The van der Waals surface area contributed by atoms with E-state index in [1.165, 1.54) is 0 Å². The summed E-state index contributed by atoms with van der Waals surface area (Å²) in [6.07, 6.45) is -4.56. The van der Waals surface area contributed by atoms with Crippen LogP contribution in [0.5, 0.6) is 0 Å². The SMILES string of the molecule is [CH2]c1c(C(F)(F)F)ccc(CC(N)c2ccc(N)cc2)c1F. The van der Waals surface area contributed by atoms with Gasteiger partial charge in [0.05, 0.1) is 5.56 Å². The Morgan fingerprint density at radius 1 is 1.05 bits per heavy atom. The van der Waals surface area contributed by atoms with Crippen molar-refractivity contribution in [3.8, 4) is 0 Å². The van der Waals surface area contributed by atoms with Crippen LogP contribution < -0.4 is 11.5 Å². The number of nitrogens with two attached hydrogens (primary N) is 2. The van der Waals surface area contributed by atoms with Crippen LogP contribution in [0.2, 0.25) is 0 Å². The summed E-state index contributed by atoms with van der Waals surface area (Å²) in [5, 5.41) is 0. The van der Waals surface area contributed by atoms with Crippen molar-refractivity contribution < 1.29 is 17.6 Å². The first-order valence-corrected chi connectivity index (χ1v) is 6.51. The van der Waals surface area contributed by atoms with Crippen LogP contribution in [0.1, 0.15) is 28.3 Å². The maximum Gasteiger partial charge on any atom is 0.416 e. The lowest BCUT2D eigenvalue weighted by Crippen LogP contribution is -2.16. The third-order valence-corrected chi connectivity index (χ3v) is 3.43. The molecule has 22 heavy (non-hydrogen) atoms. The molecule has 0 fully saturated rings. The molecule has 0 saturated carbocycles. The van der Waals surface area contributed by atoms with E-state index in [-0.39, 0.29) is 12.0 Å². The predicted octanol–water partition coefficient (Wildman–Crippen LogP) is 3.85. The second-order valence-electron chi connectivity index (χ2n) is 5.04. The molecule has 0 spiro atoms. The van der Waals surface area contributed by atoms with Crippen molar-refractivity contribution >= 4 is 5.69 Å². The normalized spacial score (nSPS) is 13.2. The third-order valence-electron chi connectivity index (χ3n) is 3.43. The molecule has 0 aromatic heterocycles. The van der Waals surface area contributed by atoms with Gasteiger partial charge in [-0.15, -0.1) is 0 Å². The van der Waals surface area contributed by atoms with E-state index in [0.717, 1.165) is 17.7 Å². The van der Waals surface area contributed by atoms with Crippen molar-refractivity contribution in [3.63, 3.8) is 0 Å². The van der Waals surface area contributed by atoms with E-state index in [1.807, 2.05) is 0 Å². The number of hydrogen-bond donors (Lipinski definition) is 2. The van der Waals surface area contributed by atoms with Gasteiger partial charge in [0.1, 0.15) is 5.82 Å². The summed E-state index contributed by atoms with van der Waals surface area (Å²) in [5.41, 5.74) is 11.2. The van der Waals surface area contributed by atoms with E-state index < -0.39 is 29.2 Å². The topological polar surface area (TPSA) is 52.0 Å². The number of nitrogen functional groups attached to an aromatic ring is 1. The predicted molar refractivity (Wildman–Crippen MR) is 77.3 cm³/mol. The molecule has 4 N–H and O–H groups in total. The van der Waals surface area contributed by atoms with E-state index in [9.17, 15) is 17.6 Å². The Hall–Kier alpha value is -2.08. The first-order chi connectivity index (χ1) is 10.2. The summed E-state index contributed by atoms with van der Waals surface area (Å²) >= 11 is 0. The number of hydrogen-bond acceptors (Lipinski definition) is 2. The summed E-state index contributed by atoms with van der Waals surface area (Å²) in [5.74, 6) is -0.972. The van der Waals surface area contributed by atoms with Crippen LogP contribution in [0.4, 0.5) is 23.2 Å². The van der Waals surface area contributed by atoms with Gasteiger partial charge < -0.3 is 11.5 Å². The molecule has 1 radical (unpaired) electrons. The molecule has 2 aromatic rings. The van der Waals surface area contributed by atoms with Crippen molar-refractivity contribution in [2.75, 3.05) is 5.73 Å². The van der Waals surface area contributed by atoms with Gasteiger partial charge in [0.2, 0.25) is 0 Å². The molecule has 0 heterocycles. The van der Waals surface area contributed by atoms with Gasteiger partial charge in [0.25, 0.3) is 0 Å². The highest BCUT2D eigenvalue weighted by Crippen LogP contribution is 2.34. The molecule has 2 rings (SSSR count). The zero-order chi connectivity index (χ0) is 16.5. The summed E-state index contributed by atoms with van der Waals surface area (Å²) in [6, 6.07) is 8.10. The number of anilines is 1. The minimum atomic E-state index is -4.63. The van der Waals surface area contributed by atoms with Crippen molar-refractivity contribution in [3.05, 3.63) is 71.4 Å². The van der Waals surface area contributed by atoms with Gasteiger partial charge in [-0.05, 0) is 42.7 Å². The molecule has 2 aromatic carbocycles. The Morgan fingerprint density at radius 3 is 2.18 bits per heavy atom. The van der Waals surface area contributed by atoms with Gasteiger partial charge in [0, 0.05) is 17.3 Å². The Balaban J connectivity index is 2.27. The maximum atomic E-state index is 14.1. The zero-order valence-corrected chi connectivity index (χ0v) is 11.6. The van der Waals surface area contributed by atoms with E-state index in [1.54, 1.807) is 24.3 Å². The standard InChI is InChI=1S/C16H15F4N2/c1-9-13(16(18,19)20)7-4-11(15(9)17)8-14(22)10-2-5-12(21)6-3-10/h2-7,14H,1,8,21-22H2. The van der Waals surface area contributed by atoms with Gasteiger partial charge >= 0.3 is 6.18 Å². The van der Waals surface area contributed by atoms with Crippen LogP contribution in [0.3, 0.4) is 0 Å². The Morgan fingerprint density at radius 2 is 1.64 bits per heavy atom. The monoisotopic (exact) mass is 311 g/mol. The highest BCUT2D eigenvalue weighted by Gasteiger charge is 2.34. The zero-order valence-electron chi connectivity index (χ0n) is 11.6. The number of benzene rings is 2. The highest BCUT2D eigenvalue weighted by molar-refractivity contribution is 5.41. The van der Waals surface area contributed by atoms with Crippen molar-refractivity contribution in [1.29, 1.82) is 0 Å². The van der Waals surface area contributed by atoms with Gasteiger partial charge in [-0.1, -0.05) is 18.2 Å². The molecule has 117 valence electrons. The van der Waals surface area contributed by atoms with E-state index >= 15 is 0 Å². The number of alkyl halides is 3. The van der Waals surface area contributed by atoms with Gasteiger partial charge in [-0.3, -0.25) is 0 Å². The minimum absolute atomic E-state index is 0.0659. The Kier molecular flexibility index (Phi) is 4.42. The highest BCUT2D eigenvalue weighted by atomic mass is 19.4. The first-order valence-electron chi connectivity index (χ1n) is 6.51. The lowest BCUT2D eigenvalue weighted by Gasteiger charge is -2.16. The first kappa shape index (κ1) is 16.3. The average molecular weight is 311 g/mol. The molecule has 2 nitrogen and oxygen atoms in total. The largest absolute Gasteiger partial charge is 0.416 e. The van der Waals surface area contributed by atoms with Crippen LogP contribution in [0, 0.1) is 12.7 Å². The summed E-state index contributed by atoms with van der Waals surface area (Å²) in [6.45, 7) is 3.19. The summed E-state index contributed by atoms with van der Waals surface area (Å²) in [4.78, 5) is 0. The lowest BCUT2D eigenvalue weighted by atomic mass is 9.96. The van der Waals surface area contributed by atoms with Crippen molar-refractivity contribution in [1.82, 2.24) is 0 Å². The van der Waals surface area contributed by atoms with Crippen LogP contribution in [0.25, 0.3) is 0 Å². The van der Waals surface area contributed by atoms with Crippen LogP contribution >= 0.6 is 0 Å². The van der Waals surface area contributed by atoms with Gasteiger partial charge in [0.15, 0.2) is 0 Å². The minimum Gasteiger partial charge on any atom is -0.399 e. The maximum absolute atomic E-state index is 14.1. The quantitative estimate of drug-likeness (QED) is 0.668. The molecular formula is C16H15F4N2. The second kappa shape index (κ2) is 5.96. The molecule has 6 heteroatoms. The fourth-order valence-electron chi connectivity index (χ4n) is 2.19. The molecular weight excluding hydrogens is 296 g/mol. The van der Waals surface area contributed by atoms with E-state index in [0.29, 0.717) is 5.69 Å². The van der Waals surface area contributed by atoms with E-state index in [4.69, 9.17) is 11.5 Å². The molecule has 1 atom stereocenters. The number of rotatable bonds is 3. The average Bonchev–Trinajstić information content (AvgIpc) is 2.43. The number of halogens is 4. The third kappa shape index (κ3) is 3.39. The van der Waals surface area contributed by atoms with Crippen molar-refractivity contribution in [2.45, 2.75) is 18.6 Å². The molecule has 0 aliphatic carbocycles. The molecule has 0 aliphatic rings. The molecule has 1 unspecified atom stereocenters. The lowest BCUT2D eigenvalue weighted by molar-refractivity contribution is -0.138. The molecule has 0 aliphatic heterocycles. The molecule has 0 saturated heterocycles. The second-order valence-corrected chi connectivity index (χ2v) is 5.04. The fraction of sp³-hybridized carbons (Fsp3) is 0.188. The summed E-state index contributed by atoms with van der Waals surface area (Å²) < 4.78 is 52.1. The Labute approximate surface area is 125 Å². The van der Waals surface area contributed by atoms with E-state index in [2.05, 4.69) is 6.92 Å². The van der Waals surface area contributed by atoms with Crippen molar-refractivity contribution in [2.24, 2.45) is 5.73 Å². The fourth-order valence-corrected chi connectivity index (χ4v) is 2.19. The summed E-state index contributed by atoms with van der Waals surface area (Å²) in [7, 11) is 0. The van der Waals surface area contributed by atoms with Gasteiger partial charge in [-0.25, -0.2) is 4.39 Å². The van der Waals surface area contributed by atoms with Crippen LogP contribution in [0.15, 0.2) is 36.4 Å².